The summed E-state index contributed by atoms with van der Waals surface area (Å²) < 4.78 is 15.5. The van der Waals surface area contributed by atoms with Crippen LogP contribution in [-0.2, 0) is 4.57 Å². The minimum atomic E-state index is -2.46. The summed E-state index contributed by atoms with van der Waals surface area (Å²) in [7, 11) is 5.35. The number of terminal acetylenes is 1. The van der Waals surface area contributed by atoms with E-state index in [1.54, 1.807) is 36.7 Å². The van der Waals surface area contributed by atoms with Crippen molar-refractivity contribution in [2.24, 2.45) is 0 Å². The Labute approximate surface area is 77.0 Å². The third-order valence-corrected chi connectivity index (χ3v) is 7.21. The van der Waals surface area contributed by atoms with Crippen LogP contribution in [-0.4, -0.2) is 30.5 Å². The molecule has 0 aromatic carbocycles. The smallest absolute Gasteiger partial charge is 0.299 e. The summed E-state index contributed by atoms with van der Waals surface area (Å²) in [4.78, 5) is 0.731. The van der Waals surface area contributed by atoms with E-state index in [0.29, 0.717) is 0 Å². The Kier molecular flexibility index (Phi) is 2.58. The minimum absolute atomic E-state index is 0.731. The van der Waals surface area contributed by atoms with Gasteiger partial charge in [-0.2, -0.15) is 0 Å². The average Bonchev–Trinajstić information content (AvgIpc) is 2.29. The summed E-state index contributed by atoms with van der Waals surface area (Å²) in [6.45, 7) is -2.46. The van der Waals surface area contributed by atoms with Crippen LogP contribution in [0.4, 0.5) is 0 Å². The van der Waals surface area contributed by atoms with Crippen molar-refractivity contribution >= 4 is 18.0 Å². The lowest BCUT2D eigenvalue weighted by atomic mass is 10.6. The highest BCUT2D eigenvalue weighted by Gasteiger charge is 2.36. The fourth-order valence-corrected chi connectivity index (χ4v) is 4.68. The molecule has 0 amide bonds. The van der Waals surface area contributed by atoms with E-state index in [-0.39, 0.29) is 0 Å². The van der Waals surface area contributed by atoms with E-state index in [2.05, 4.69) is 5.92 Å². The van der Waals surface area contributed by atoms with Crippen molar-refractivity contribution in [2.45, 2.75) is 0 Å². The summed E-state index contributed by atoms with van der Waals surface area (Å²) >= 11 is 1.26. The van der Waals surface area contributed by atoms with Gasteiger partial charge in [0.1, 0.15) is 0 Å². The molecule has 0 fully saturated rings. The topological polar surface area (TPSA) is 23.6 Å². The van der Waals surface area contributed by atoms with Gasteiger partial charge < -0.3 is 4.67 Å². The molecule has 0 aromatic heterocycles. The highest BCUT2D eigenvalue weighted by molar-refractivity contribution is 8.59. The molecular weight excluding hydrogens is 191 g/mol. The van der Waals surface area contributed by atoms with Crippen LogP contribution in [0.3, 0.4) is 0 Å². The molecule has 66 valence electrons. The van der Waals surface area contributed by atoms with E-state index in [0.717, 1.165) is 4.91 Å². The van der Waals surface area contributed by atoms with Crippen molar-refractivity contribution in [3.63, 3.8) is 0 Å². The van der Waals surface area contributed by atoms with E-state index in [9.17, 15) is 4.57 Å². The van der Waals surface area contributed by atoms with Gasteiger partial charge in [0.15, 0.2) is 0 Å². The first-order chi connectivity index (χ1) is 5.50. The zero-order chi connectivity index (χ0) is 9.35. The number of hydrogen-bond acceptors (Lipinski definition) is 2. The first-order valence-electron chi connectivity index (χ1n) is 3.40. The van der Waals surface area contributed by atoms with Crippen molar-refractivity contribution < 1.29 is 4.57 Å². The van der Waals surface area contributed by atoms with Crippen LogP contribution in [0.2, 0.25) is 0 Å². The second-order valence-corrected chi connectivity index (χ2v) is 7.65. The predicted octanol–water partition coefficient (Wildman–Crippen LogP) is 1.81. The molecule has 1 aliphatic heterocycles. The van der Waals surface area contributed by atoms with E-state index in [1.807, 2.05) is 0 Å². The lowest BCUT2D eigenvalue weighted by molar-refractivity contribution is 0.484. The van der Waals surface area contributed by atoms with Gasteiger partial charge in [0.2, 0.25) is 0 Å². The molecule has 0 spiro atoms. The maximum absolute atomic E-state index is 12.1. The molecule has 0 aliphatic carbocycles. The summed E-state index contributed by atoms with van der Waals surface area (Å²) in [6, 6.07) is 0. The normalized spacial score (nSPS) is 28.9. The lowest BCUT2D eigenvalue weighted by Gasteiger charge is -2.25. The molecule has 1 unspecified atom stereocenters. The molecule has 12 heavy (non-hydrogen) atoms. The number of nitrogens with zero attached hydrogens (tertiary/aromatic N) is 2. The largest absolute Gasteiger partial charge is 0.311 e. The fraction of sp³-hybridized carbons (Fsp3) is 0.429. The van der Waals surface area contributed by atoms with E-state index < -0.39 is 6.65 Å². The monoisotopic (exact) mass is 202 g/mol. The molecule has 0 bridgehead atoms. The average molecular weight is 202 g/mol. The van der Waals surface area contributed by atoms with Crippen molar-refractivity contribution in [3.8, 4) is 12.3 Å². The Morgan fingerprint density at radius 2 is 2.33 bits per heavy atom. The molecule has 5 heteroatoms. The number of rotatable bonds is 1. The second kappa shape index (κ2) is 3.18. The number of allylic oxidation sites excluding steroid dienone is 1. The fourth-order valence-electron chi connectivity index (χ4n) is 0.886. The third kappa shape index (κ3) is 1.40. The van der Waals surface area contributed by atoms with Crippen LogP contribution in [0.1, 0.15) is 0 Å². The molecule has 0 saturated carbocycles. The molecule has 1 aliphatic rings. The molecule has 0 aromatic rings. The van der Waals surface area contributed by atoms with Crippen LogP contribution in [0.25, 0.3) is 0 Å². The van der Waals surface area contributed by atoms with Crippen LogP contribution in [0.5, 0.6) is 0 Å². The lowest BCUT2D eigenvalue weighted by Crippen LogP contribution is -2.14. The van der Waals surface area contributed by atoms with Gasteiger partial charge in [0.25, 0.3) is 6.65 Å². The molecule has 3 nitrogen and oxygen atoms in total. The minimum Gasteiger partial charge on any atom is -0.311 e. The molecular formula is C7H11N2OPS. The van der Waals surface area contributed by atoms with Gasteiger partial charge in [0.05, 0.1) is 4.91 Å². The van der Waals surface area contributed by atoms with Crippen LogP contribution >= 0.6 is 18.0 Å². The van der Waals surface area contributed by atoms with E-state index >= 15 is 0 Å². The third-order valence-electron chi connectivity index (χ3n) is 1.57. The first kappa shape index (κ1) is 9.73. The van der Waals surface area contributed by atoms with Crippen LogP contribution in [0, 0.1) is 12.3 Å². The van der Waals surface area contributed by atoms with Crippen LogP contribution in [0.15, 0.2) is 11.1 Å². The van der Waals surface area contributed by atoms with E-state index in [1.165, 1.54) is 11.4 Å². The SMILES string of the molecule is C#CC1=CN(C)P(=O)(N(C)C)S1. The van der Waals surface area contributed by atoms with Gasteiger partial charge in [-0.1, -0.05) is 5.92 Å². The zero-order valence-corrected chi connectivity index (χ0v) is 9.02. The maximum Gasteiger partial charge on any atom is 0.299 e. The van der Waals surface area contributed by atoms with Gasteiger partial charge in [-0.05, 0) is 25.5 Å². The summed E-state index contributed by atoms with van der Waals surface area (Å²) in [6.07, 6.45) is 6.95. The Hall–Kier alpha value is -0.360. The zero-order valence-electron chi connectivity index (χ0n) is 7.31. The van der Waals surface area contributed by atoms with Gasteiger partial charge in [-0.25, -0.2) is 4.67 Å². The van der Waals surface area contributed by atoms with Crippen molar-refractivity contribution in [1.82, 2.24) is 9.34 Å². The summed E-state index contributed by atoms with van der Waals surface area (Å²) in [5, 5.41) is 0. The summed E-state index contributed by atoms with van der Waals surface area (Å²) in [5.41, 5.74) is 0. The van der Waals surface area contributed by atoms with Crippen molar-refractivity contribution in [1.29, 1.82) is 0 Å². The molecule has 1 rings (SSSR count). The predicted molar refractivity (Wildman–Crippen MR) is 53.6 cm³/mol. The summed E-state index contributed by atoms with van der Waals surface area (Å²) in [5.74, 6) is 2.49. The van der Waals surface area contributed by atoms with E-state index in [4.69, 9.17) is 6.42 Å². The molecule has 1 atom stereocenters. The van der Waals surface area contributed by atoms with Gasteiger partial charge in [-0.3, -0.25) is 4.57 Å². The standard InChI is InChI=1S/C7H11N2OPS/c1-5-7-6-9(4)11(10,12-7)8(2)3/h1,6H,2-4H3. The van der Waals surface area contributed by atoms with Crippen LogP contribution < -0.4 is 0 Å². The second-order valence-electron chi connectivity index (χ2n) is 2.64. The maximum atomic E-state index is 12.1. The molecule has 0 saturated heterocycles. The highest BCUT2D eigenvalue weighted by atomic mass is 32.7. The molecule has 0 N–H and O–H groups in total. The van der Waals surface area contributed by atoms with Crippen molar-refractivity contribution in [2.75, 3.05) is 21.1 Å². The van der Waals surface area contributed by atoms with Gasteiger partial charge >= 0.3 is 0 Å². The number of hydrogen-bond donors (Lipinski definition) is 0. The van der Waals surface area contributed by atoms with Gasteiger partial charge in [-0.15, -0.1) is 6.42 Å². The first-order valence-corrected chi connectivity index (χ1v) is 6.43. The highest BCUT2D eigenvalue weighted by Crippen LogP contribution is 2.68. The van der Waals surface area contributed by atoms with Gasteiger partial charge in [0, 0.05) is 13.2 Å². The molecule has 1 heterocycles. The van der Waals surface area contributed by atoms with Crippen molar-refractivity contribution in [3.05, 3.63) is 11.1 Å². The Bertz CT molecular complexity index is 305. The Morgan fingerprint density at radius 3 is 2.58 bits per heavy atom. The quantitative estimate of drug-likeness (QED) is 0.478. The Balaban J connectivity index is 2.93. The molecule has 0 radical (unpaired) electrons. The Morgan fingerprint density at radius 1 is 1.75 bits per heavy atom.